The third-order valence-corrected chi connectivity index (χ3v) is 5.67. The molecule has 8 heteroatoms. The molecule has 1 aliphatic rings. The quantitative estimate of drug-likeness (QED) is 0.789. The van der Waals surface area contributed by atoms with E-state index < -0.39 is 28.1 Å². The van der Waals surface area contributed by atoms with Crippen molar-refractivity contribution in [2.75, 3.05) is 11.3 Å². The lowest BCUT2D eigenvalue weighted by Gasteiger charge is -2.15. The Hall–Kier alpha value is -2.87. The summed E-state index contributed by atoms with van der Waals surface area (Å²) in [6.07, 6.45) is -0.692. The zero-order valence-corrected chi connectivity index (χ0v) is 15.7. The van der Waals surface area contributed by atoms with Gasteiger partial charge in [0.2, 0.25) is 6.10 Å². The van der Waals surface area contributed by atoms with Gasteiger partial charge in [0, 0.05) is 6.42 Å². The molecule has 1 N–H and O–H groups in total. The fourth-order valence-corrected chi connectivity index (χ4v) is 4.13. The average Bonchev–Trinajstić information content (AvgIpc) is 3.02. The summed E-state index contributed by atoms with van der Waals surface area (Å²) >= 11 is 0. The number of carbonyl (C=O) groups excluding carboxylic acids is 2. The van der Waals surface area contributed by atoms with E-state index in [9.17, 15) is 18.0 Å². The first-order valence-electron chi connectivity index (χ1n) is 8.34. The summed E-state index contributed by atoms with van der Waals surface area (Å²) in [5, 5.41) is 0. The van der Waals surface area contributed by atoms with E-state index in [-0.39, 0.29) is 29.2 Å². The SMILES string of the molecule is Cc1ccc(C)c(S(=O)(=O)Nc2ccccc2C(=O)O[C@H]2CCOC2=O)c1. The van der Waals surface area contributed by atoms with Crippen molar-refractivity contribution in [3.05, 3.63) is 59.2 Å². The van der Waals surface area contributed by atoms with Crippen LogP contribution < -0.4 is 4.72 Å². The van der Waals surface area contributed by atoms with Crippen LogP contribution in [-0.4, -0.2) is 33.1 Å². The zero-order valence-electron chi connectivity index (χ0n) is 14.9. The van der Waals surface area contributed by atoms with Gasteiger partial charge in [0.15, 0.2) is 0 Å². The van der Waals surface area contributed by atoms with Gasteiger partial charge < -0.3 is 9.47 Å². The molecule has 0 aromatic heterocycles. The number of ether oxygens (including phenoxy) is 2. The highest BCUT2D eigenvalue weighted by molar-refractivity contribution is 7.92. The van der Waals surface area contributed by atoms with E-state index in [1.165, 1.54) is 12.1 Å². The molecule has 1 saturated heterocycles. The fraction of sp³-hybridized carbons (Fsp3) is 0.263. The van der Waals surface area contributed by atoms with Gasteiger partial charge in [-0.05, 0) is 43.2 Å². The number of hydrogen-bond donors (Lipinski definition) is 1. The molecule has 1 atom stereocenters. The minimum Gasteiger partial charge on any atom is -0.463 e. The second-order valence-corrected chi connectivity index (χ2v) is 7.92. The smallest absolute Gasteiger partial charge is 0.347 e. The van der Waals surface area contributed by atoms with E-state index in [0.717, 1.165) is 5.56 Å². The Labute approximate surface area is 157 Å². The molecule has 1 heterocycles. The average molecular weight is 389 g/mol. The van der Waals surface area contributed by atoms with E-state index in [0.29, 0.717) is 5.56 Å². The summed E-state index contributed by atoms with van der Waals surface area (Å²) in [5.41, 5.74) is 1.48. The topological polar surface area (TPSA) is 98.8 Å². The summed E-state index contributed by atoms with van der Waals surface area (Å²) in [6, 6.07) is 11.2. The summed E-state index contributed by atoms with van der Waals surface area (Å²) < 4.78 is 38.0. The lowest BCUT2D eigenvalue weighted by molar-refractivity contribution is -0.145. The zero-order chi connectivity index (χ0) is 19.6. The first-order chi connectivity index (χ1) is 12.8. The number of aryl methyl sites for hydroxylation is 2. The van der Waals surface area contributed by atoms with Gasteiger partial charge in [-0.3, -0.25) is 4.72 Å². The maximum atomic E-state index is 12.8. The van der Waals surface area contributed by atoms with Gasteiger partial charge in [0.25, 0.3) is 10.0 Å². The third-order valence-electron chi connectivity index (χ3n) is 4.16. The maximum absolute atomic E-state index is 12.8. The largest absolute Gasteiger partial charge is 0.463 e. The minimum absolute atomic E-state index is 0.0195. The number of esters is 2. The van der Waals surface area contributed by atoms with Crippen LogP contribution in [0.15, 0.2) is 47.4 Å². The summed E-state index contributed by atoms with van der Waals surface area (Å²) in [7, 11) is -3.91. The van der Waals surface area contributed by atoms with E-state index in [4.69, 9.17) is 9.47 Å². The number of cyclic esters (lactones) is 1. The normalized spacial score (nSPS) is 16.7. The molecule has 0 spiro atoms. The lowest BCUT2D eigenvalue weighted by atomic mass is 10.2. The number of rotatable bonds is 5. The summed E-state index contributed by atoms with van der Waals surface area (Å²) in [6.45, 7) is 3.68. The van der Waals surface area contributed by atoms with Crippen LogP contribution in [0.3, 0.4) is 0 Å². The molecule has 2 aromatic rings. The first kappa shape index (κ1) is 18.9. The predicted octanol–water partition coefficient (Wildman–Crippen LogP) is 2.58. The second kappa shape index (κ2) is 7.40. The van der Waals surface area contributed by atoms with Gasteiger partial charge >= 0.3 is 11.9 Å². The van der Waals surface area contributed by atoms with Gasteiger partial charge in [0.1, 0.15) is 0 Å². The third kappa shape index (κ3) is 4.11. The van der Waals surface area contributed by atoms with Gasteiger partial charge in [-0.15, -0.1) is 0 Å². The van der Waals surface area contributed by atoms with Gasteiger partial charge in [-0.2, -0.15) is 0 Å². The molecule has 1 aliphatic heterocycles. The van der Waals surface area contributed by atoms with Gasteiger partial charge in [0.05, 0.1) is 22.8 Å². The van der Waals surface area contributed by atoms with Crippen molar-refractivity contribution in [1.82, 2.24) is 0 Å². The molecule has 1 fully saturated rings. The Morgan fingerprint density at radius 3 is 2.63 bits per heavy atom. The Morgan fingerprint density at radius 2 is 1.93 bits per heavy atom. The van der Waals surface area contributed by atoms with Gasteiger partial charge in [-0.1, -0.05) is 24.3 Å². The van der Waals surface area contributed by atoms with E-state index in [2.05, 4.69) is 4.72 Å². The van der Waals surface area contributed by atoms with Crippen LogP contribution in [0.5, 0.6) is 0 Å². The molecular weight excluding hydrogens is 370 g/mol. The van der Waals surface area contributed by atoms with Crippen LogP contribution >= 0.6 is 0 Å². The van der Waals surface area contributed by atoms with Crippen LogP contribution in [0, 0.1) is 13.8 Å². The number of hydrogen-bond acceptors (Lipinski definition) is 6. The highest BCUT2D eigenvalue weighted by atomic mass is 32.2. The van der Waals surface area contributed by atoms with Crippen molar-refractivity contribution in [3.8, 4) is 0 Å². The van der Waals surface area contributed by atoms with Crippen molar-refractivity contribution >= 4 is 27.6 Å². The monoisotopic (exact) mass is 389 g/mol. The standard InChI is InChI=1S/C19H19NO6S/c1-12-7-8-13(2)17(11-12)27(23,24)20-15-6-4-3-5-14(15)18(21)26-16-9-10-25-19(16)22/h3-8,11,16,20H,9-10H2,1-2H3/t16-/m0/s1. The van der Waals surface area contributed by atoms with Crippen molar-refractivity contribution in [2.45, 2.75) is 31.3 Å². The molecular formula is C19H19NO6S. The summed E-state index contributed by atoms with van der Waals surface area (Å²) in [5.74, 6) is -1.39. The van der Waals surface area contributed by atoms with E-state index >= 15 is 0 Å². The highest BCUT2D eigenvalue weighted by Gasteiger charge is 2.31. The van der Waals surface area contributed by atoms with Crippen LogP contribution in [0.2, 0.25) is 0 Å². The summed E-state index contributed by atoms with van der Waals surface area (Å²) in [4.78, 5) is 24.1. The van der Waals surface area contributed by atoms with Crippen LogP contribution in [0.4, 0.5) is 5.69 Å². The molecule has 0 bridgehead atoms. The molecule has 2 aromatic carbocycles. The molecule has 0 unspecified atom stereocenters. The van der Waals surface area contributed by atoms with Crippen LogP contribution in [0.25, 0.3) is 0 Å². The van der Waals surface area contributed by atoms with Crippen molar-refractivity contribution in [1.29, 1.82) is 0 Å². The molecule has 0 amide bonds. The van der Waals surface area contributed by atoms with Crippen LogP contribution in [0.1, 0.15) is 27.9 Å². The Bertz CT molecular complexity index is 999. The molecule has 0 saturated carbocycles. The Kier molecular flexibility index (Phi) is 5.18. The maximum Gasteiger partial charge on any atom is 0.347 e. The second-order valence-electron chi connectivity index (χ2n) is 6.27. The van der Waals surface area contributed by atoms with E-state index in [1.807, 2.05) is 6.07 Å². The Balaban J connectivity index is 1.88. The predicted molar refractivity (Wildman–Crippen MR) is 97.9 cm³/mol. The minimum atomic E-state index is -3.91. The number of benzene rings is 2. The number of sulfonamides is 1. The van der Waals surface area contributed by atoms with Crippen molar-refractivity contribution in [3.63, 3.8) is 0 Å². The van der Waals surface area contributed by atoms with E-state index in [1.54, 1.807) is 38.1 Å². The van der Waals surface area contributed by atoms with Crippen LogP contribution in [-0.2, 0) is 24.3 Å². The van der Waals surface area contributed by atoms with Crippen molar-refractivity contribution in [2.24, 2.45) is 0 Å². The molecule has 0 aliphatic carbocycles. The number of carbonyl (C=O) groups is 2. The molecule has 0 radical (unpaired) electrons. The lowest BCUT2D eigenvalue weighted by Crippen LogP contribution is -2.24. The number of nitrogens with one attached hydrogen (secondary N) is 1. The molecule has 3 rings (SSSR count). The van der Waals surface area contributed by atoms with Gasteiger partial charge in [-0.25, -0.2) is 18.0 Å². The fourth-order valence-electron chi connectivity index (χ4n) is 2.72. The highest BCUT2D eigenvalue weighted by Crippen LogP contribution is 2.24. The number of para-hydroxylation sites is 1. The molecule has 27 heavy (non-hydrogen) atoms. The Morgan fingerprint density at radius 1 is 1.19 bits per heavy atom. The molecule has 142 valence electrons. The molecule has 7 nitrogen and oxygen atoms in total. The number of anilines is 1. The first-order valence-corrected chi connectivity index (χ1v) is 9.83. The van der Waals surface area contributed by atoms with Crippen molar-refractivity contribution < 1.29 is 27.5 Å².